The Labute approximate surface area is 91.4 Å². The van der Waals surface area contributed by atoms with Crippen LogP contribution in [0.25, 0.3) is 0 Å². The molecule has 0 aliphatic carbocycles. The number of rotatable bonds is 7. The third-order valence-corrected chi connectivity index (χ3v) is 1.99. The molecule has 0 heterocycles. The smallest absolute Gasteiger partial charge is 0.139 e. The van der Waals surface area contributed by atoms with E-state index in [1.165, 1.54) is 5.56 Å². The SMILES string of the molecule is CCOCCNCOc1ccc(C)cc1. The van der Waals surface area contributed by atoms with Crippen LogP contribution in [0.3, 0.4) is 0 Å². The molecule has 1 aromatic rings. The zero-order valence-corrected chi connectivity index (χ0v) is 9.45. The Morgan fingerprint density at radius 2 is 1.93 bits per heavy atom. The maximum atomic E-state index is 5.47. The molecule has 84 valence electrons. The van der Waals surface area contributed by atoms with E-state index >= 15 is 0 Å². The molecule has 1 N–H and O–H groups in total. The first kappa shape index (κ1) is 12.0. The van der Waals surface area contributed by atoms with E-state index in [-0.39, 0.29) is 0 Å². The number of hydrogen-bond donors (Lipinski definition) is 1. The van der Waals surface area contributed by atoms with Crippen molar-refractivity contribution in [3.8, 4) is 5.75 Å². The molecule has 0 bridgehead atoms. The Hall–Kier alpha value is -1.06. The summed E-state index contributed by atoms with van der Waals surface area (Å²) in [7, 11) is 0. The van der Waals surface area contributed by atoms with Gasteiger partial charge >= 0.3 is 0 Å². The summed E-state index contributed by atoms with van der Waals surface area (Å²) in [6.07, 6.45) is 0. The van der Waals surface area contributed by atoms with Crippen LogP contribution in [0.4, 0.5) is 0 Å². The van der Waals surface area contributed by atoms with E-state index < -0.39 is 0 Å². The van der Waals surface area contributed by atoms with Gasteiger partial charge in [-0.2, -0.15) is 0 Å². The van der Waals surface area contributed by atoms with Crippen LogP contribution in [0.2, 0.25) is 0 Å². The van der Waals surface area contributed by atoms with Crippen LogP contribution in [0.15, 0.2) is 24.3 Å². The number of nitrogens with one attached hydrogen (secondary N) is 1. The molecular formula is C12H19NO2. The predicted molar refractivity (Wildman–Crippen MR) is 61.2 cm³/mol. The van der Waals surface area contributed by atoms with Gasteiger partial charge in [0.15, 0.2) is 0 Å². The minimum absolute atomic E-state index is 0.524. The van der Waals surface area contributed by atoms with Gasteiger partial charge in [0.05, 0.1) is 6.61 Å². The summed E-state index contributed by atoms with van der Waals surface area (Å²) in [6, 6.07) is 8.02. The summed E-state index contributed by atoms with van der Waals surface area (Å²) in [6.45, 7) is 6.89. The van der Waals surface area contributed by atoms with Crippen LogP contribution in [0.5, 0.6) is 5.75 Å². The number of aryl methyl sites for hydroxylation is 1. The fourth-order valence-electron chi connectivity index (χ4n) is 1.13. The zero-order valence-electron chi connectivity index (χ0n) is 9.45. The Bertz CT molecular complexity index is 259. The second kappa shape index (κ2) is 7.26. The van der Waals surface area contributed by atoms with Crippen molar-refractivity contribution in [3.63, 3.8) is 0 Å². The van der Waals surface area contributed by atoms with Gasteiger partial charge in [-0.3, -0.25) is 5.32 Å². The van der Waals surface area contributed by atoms with E-state index in [1.807, 2.05) is 31.2 Å². The Morgan fingerprint density at radius 3 is 2.60 bits per heavy atom. The fraction of sp³-hybridized carbons (Fsp3) is 0.500. The van der Waals surface area contributed by atoms with E-state index in [0.29, 0.717) is 6.73 Å². The van der Waals surface area contributed by atoms with Crippen LogP contribution in [-0.2, 0) is 4.74 Å². The fourth-order valence-corrected chi connectivity index (χ4v) is 1.13. The predicted octanol–water partition coefficient (Wildman–Crippen LogP) is 1.96. The lowest BCUT2D eigenvalue weighted by Gasteiger charge is -2.07. The maximum Gasteiger partial charge on any atom is 0.139 e. The van der Waals surface area contributed by atoms with E-state index in [0.717, 1.165) is 25.5 Å². The van der Waals surface area contributed by atoms with Crippen molar-refractivity contribution in [1.29, 1.82) is 0 Å². The topological polar surface area (TPSA) is 30.5 Å². The maximum absolute atomic E-state index is 5.47. The van der Waals surface area contributed by atoms with Gasteiger partial charge in [0.1, 0.15) is 12.5 Å². The molecule has 0 aromatic heterocycles. The van der Waals surface area contributed by atoms with Gasteiger partial charge < -0.3 is 9.47 Å². The lowest BCUT2D eigenvalue weighted by molar-refractivity contribution is 0.142. The summed E-state index contributed by atoms with van der Waals surface area (Å²) >= 11 is 0. The van der Waals surface area contributed by atoms with Crippen molar-refractivity contribution in [2.24, 2.45) is 0 Å². The summed E-state index contributed by atoms with van der Waals surface area (Å²) < 4.78 is 10.7. The summed E-state index contributed by atoms with van der Waals surface area (Å²) in [4.78, 5) is 0. The van der Waals surface area contributed by atoms with Crippen LogP contribution in [0.1, 0.15) is 12.5 Å². The number of hydrogen-bond acceptors (Lipinski definition) is 3. The normalized spacial score (nSPS) is 10.3. The van der Waals surface area contributed by atoms with Crippen molar-refractivity contribution in [1.82, 2.24) is 5.32 Å². The first-order valence-corrected chi connectivity index (χ1v) is 5.31. The third-order valence-electron chi connectivity index (χ3n) is 1.99. The highest BCUT2D eigenvalue weighted by Gasteiger charge is 1.92. The third kappa shape index (κ3) is 5.40. The van der Waals surface area contributed by atoms with Gasteiger partial charge in [0.25, 0.3) is 0 Å². The number of benzene rings is 1. The van der Waals surface area contributed by atoms with Gasteiger partial charge in [-0.25, -0.2) is 0 Å². The highest BCUT2D eigenvalue weighted by molar-refractivity contribution is 5.26. The molecule has 15 heavy (non-hydrogen) atoms. The zero-order chi connectivity index (χ0) is 10.9. The Balaban J connectivity index is 2.07. The first-order valence-electron chi connectivity index (χ1n) is 5.31. The molecule has 1 aromatic carbocycles. The van der Waals surface area contributed by atoms with Gasteiger partial charge in [-0.15, -0.1) is 0 Å². The van der Waals surface area contributed by atoms with Crippen molar-refractivity contribution in [3.05, 3.63) is 29.8 Å². The van der Waals surface area contributed by atoms with Crippen molar-refractivity contribution in [2.45, 2.75) is 13.8 Å². The molecular weight excluding hydrogens is 190 g/mol. The molecule has 0 unspecified atom stereocenters. The molecule has 0 saturated carbocycles. The standard InChI is InChI=1S/C12H19NO2/c1-3-14-9-8-13-10-15-12-6-4-11(2)5-7-12/h4-7,13H,3,8-10H2,1-2H3. The monoisotopic (exact) mass is 209 g/mol. The van der Waals surface area contributed by atoms with Gasteiger partial charge in [-0.1, -0.05) is 17.7 Å². The molecule has 0 spiro atoms. The van der Waals surface area contributed by atoms with E-state index in [4.69, 9.17) is 9.47 Å². The average Bonchev–Trinajstić information content (AvgIpc) is 2.26. The molecule has 3 heteroatoms. The molecule has 0 radical (unpaired) electrons. The van der Waals surface area contributed by atoms with Gasteiger partial charge in [0.2, 0.25) is 0 Å². The minimum Gasteiger partial charge on any atom is -0.478 e. The average molecular weight is 209 g/mol. The van der Waals surface area contributed by atoms with Crippen molar-refractivity contribution < 1.29 is 9.47 Å². The molecule has 0 aliphatic rings. The van der Waals surface area contributed by atoms with E-state index in [2.05, 4.69) is 12.2 Å². The summed E-state index contributed by atoms with van der Waals surface area (Å²) in [5.74, 6) is 0.893. The van der Waals surface area contributed by atoms with Crippen molar-refractivity contribution in [2.75, 3.05) is 26.5 Å². The first-order chi connectivity index (χ1) is 7.33. The molecule has 0 saturated heterocycles. The molecule has 0 aliphatic heterocycles. The van der Waals surface area contributed by atoms with Gasteiger partial charge in [0, 0.05) is 13.2 Å². The van der Waals surface area contributed by atoms with Gasteiger partial charge in [-0.05, 0) is 26.0 Å². The number of ether oxygens (including phenoxy) is 2. The second-order valence-corrected chi connectivity index (χ2v) is 3.30. The largest absolute Gasteiger partial charge is 0.478 e. The lowest BCUT2D eigenvalue weighted by atomic mass is 10.2. The van der Waals surface area contributed by atoms with E-state index in [9.17, 15) is 0 Å². The molecule has 3 nitrogen and oxygen atoms in total. The highest BCUT2D eigenvalue weighted by atomic mass is 16.5. The van der Waals surface area contributed by atoms with Crippen LogP contribution in [-0.4, -0.2) is 26.5 Å². The highest BCUT2D eigenvalue weighted by Crippen LogP contribution is 2.10. The molecule has 0 atom stereocenters. The second-order valence-electron chi connectivity index (χ2n) is 3.30. The Morgan fingerprint density at radius 1 is 1.20 bits per heavy atom. The van der Waals surface area contributed by atoms with E-state index in [1.54, 1.807) is 0 Å². The quantitative estimate of drug-likeness (QED) is 0.550. The molecule has 0 amide bonds. The molecule has 1 rings (SSSR count). The van der Waals surface area contributed by atoms with Crippen LogP contribution >= 0.6 is 0 Å². The lowest BCUT2D eigenvalue weighted by Crippen LogP contribution is -2.24. The van der Waals surface area contributed by atoms with Crippen molar-refractivity contribution >= 4 is 0 Å². The minimum atomic E-state index is 0.524. The summed E-state index contributed by atoms with van der Waals surface area (Å²) in [5, 5.41) is 3.14. The van der Waals surface area contributed by atoms with Crippen LogP contribution < -0.4 is 10.1 Å². The van der Waals surface area contributed by atoms with Crippen LogP contribution in [0, 0.1) is 6.92 Å². The summed E-state index contributed by atoms with van der Waals surface area (Å²) in [5.41, 5.74) is 1.24. The Kier molecular flexibility index (Phi) is 5.81. The molecule has 0 fully saturated rings.